The predicted molar refractivity (Wildman–Crippen MR) is 144 cm³/mol. The van der Waals surface area contributed by atoms with Crippen LogP contribution in [-0.4, -0.2) is 62.1 Å². The summed E-state index contributed by atoms with van der Waals surface area (Å²) in [6.45, 7) is 6.01. The lowest BCUT2D eigenvalue weighted by atomic mass is 10.1. The number of benzene rings is 3. The van der Waals surface area contributed by atoms with Gasteiger partial charge in [0.25, 0.3) is 5.91 Å². The number of rotatable bonds is 6. The van der Waals surface area contributed by atoms with Crippen LogP contribution in [0.25, 0.3) is 6.08 Å². The van der Waals surface area contributed by atoms with Gasteiger partial charge in [0.05, 0.1) is 14.2 Å². The molecule has 186 valence electrons. The first-order chi connectivity index (χ1) is 17.6. The molecule has 36 heavy (non-hydrogen) atoms. The van der Waals surface area contributed by atoms with Crippen molar-refractivity contribution in [3.63, 3.8) is 0 Å². The summed E-state index contributed by atoms with van der Waals surface area (Å²) in [4.78, 5) is 20.0. The lowest BCUT2D eigenvalue weighted by Gasteiger charge is -2.40. The molecule has 0 saturated carbocycles. The van der Waals surface area contributed by atoms with E-state index in [1.807, 2.05) is 29.2 Å². The molecule has 2 heterocycles. The number of hydrogen-bond donors (Lipinski definition) is 0. The standard InChI is InChI=1S/C30H33N3O3/c1-22-20-31(21-25-9-6-12-28(35-2)29(25)36-3)18-19-32(22)30(34)24-13-15-26(16-14-24)33-17-7-10-23-8-4-5-11-27(23)33/h4-16,22H,17-21H2,1-3H3/t22-/m1/s1. The van der Waals surface area contributed by atoms with Crippen LogP contribution in [0.5, 0.6) is 11.5 Å². The second-order valence-electron chi connectivity index (χ2n) is 9.35. The van der Waals surface area contributed by atoms with Crippen LogP contribution in [0.3, 0.4) is 0 Å². The molecule has 2 aliphatic rings. The Balaban J connectivity index is 1.24. The summed E-state index contributed by atoms with van der Waals surface area (Å²) >= 11 is 0. The van der Waals surface area contributed by atoms with Gasteiger partial charge in [-0.3, -0.25) is 9.69 Å². The van der Waals surface area contributed by atoms with E-state index in [2.05, 4.69) is 71.3 Å². The molecule has 0 aliphatic carbocycles. The fraction of sp³-hybridized carbons (Fsp3) is 0.300. The van der Waals surface area contributed by atoms with Crippen LogP contribution >= 0.6 is 0 Å². The molecule has 0 spiro atoms. The van der Waals surface area contributed by atoms with Gasteiger partial charge in [-0.15, -0.1) is 0 Å². The van der Waals surface area contributed by atoms with E-state index in [0.29, 0.717) is 6.54 Å². The minimum atomic E-state index is 0.0894. The normalized spacial score (nSPS) is 17.6. The van der Waals surface area contributed by atoms with Crippen molar-refractivity contribution < 1.29 is 14.3 Å². The number of methoxy groups -OCH3 is 2. The van der Waals surface area contributed by atoms with Gasteiger partial charge < -0.3 is 19.3 Å². The minimum absolute atomic E-state index is 0.0894. The number of fused-ring (bicyclic) bond motifs is 1. The molecule has 1 amide bonds. The van der Waals surface area contributed by atoms with Gasteiger partial charge in [0.2, 0.25) is 0 Å². The zero-order valence-electron chi connectivity index (χ0n) is 21.2. The van der Waals surface area contributed by atoms with Gasteiger partial charge in [0.1, 0.15) is 0 Å². The Morgan fingerprint density at radius 1 is 0.944 bits per heavy atom. The van der Waals surface area contributed by atoms with E-state index in [9.17, 15) is 4.79 Å². The fourth-order valence-corrected chi connectivity index (χ4v) is 5.25. The molecule has 2 aliphatic heterocycles. The van der Waals surface area contributed by atoms with Crippen LogP contribution in [0.4, 0.5) is 11.4 Å². The van der Waals surface area contributed by atoms with Crippen LogP contribution in [0.2, 0.25) is 0 Å². The maximum atomic E-state index is 13.4. The highest BCUT2D eigenvalue weighted by atomic mass is 16.5. The molecule has 0 N–H and O–H groups in total. The number of para-hydroxylation sites is 2. The van der Waals surface area contributed by atoms with Crippen LogP contribution in [0.1, 0.15) is 28.4 Å². The van der Waals surface area contributed by atoms with Crippen molar-refractivity contribution in [2.24, 2.45) is 0 Å². The Bertz CT molecular complexity index is 1250. The molecule has 0 bridgehead atoms. The van der Waals surface area contributed by atoms with Gasteiger partial charge >= 0.3 is 0 Å². The van der Waals surface area contributed by atoms with Crippen LogP contribution in [0.15, 0.2) is 72.8 Å². The Morgan fingerprint density at radius 2 is 1.75 bits per heavy atom. The first kappa shape index (κ1) is 23.9. The highest BCUT2D eigenvalue weighted by molar-refractivity contribution is 5.95. The number of amides is 1. The second-order valence-corrected chi connectivity index (χ2v) is 9.35. The number of carbonyl (C=O) groups is 1. The third-order valence-electron chi connectivity index (χ3n) is 7.09. The molecule has 0 radical (unpaired) electrons. The molecule has 3 aromatic rings. The summed E-state index contributed by atoms with van der Waals surface area (Å²) < 4.78 is 11.0. The van der Waals surface area contributed by atoms with Gasteiger partial charge in [-0.2, -0.15) is 0 Å². The molecule has 1 saturated heterocycles. The smallest absolute Gasteiger partial charge is 0.254 e. The third kappa shape index (κ3) is 4.69. The number of carbonyl (C=O) groups excluding carboxylic acids is 1. The molecule has 1 fully saturated rings. The quantitative estimate of drug-likeness (QED) is 0.481. The average Bonchev–Trinajstić information content (AvgIpc) is 2.92. The molecule has 6 heteroatoms. The van der Waals surface area contributed by atoms with Crippen LogP contribution in [0, 0.1) is 0 Å². The van der Waals surface area contributed by atoms with Crippen molar-refractivity contribution in [2.45, 2.75) is 19.5 Å². The minimum Gasteiger partial charge on any atom is -0.493 e. The SMILES string of the molecule is COc1cccc(CN2CCN(C(=O)c3ccc(N4CC=Cc5ccccc54)cc3)[C@H](C)C2)c1OC. The number of nitrogens with zero attached hydrogens (tertiary/aromatic N) is 3. The van der Waals surface area contributed by atoms with E-state index in [1.165, 1.54) is 11.3 Å². The lowest BCUT2D eigenvalue weighted by Crippen LogP contribution is -2.53. The molecule has 3 aromatic carbocycles. The fourth-order valence-electron chi connectivity index (χ4n) is 5.25. The Labute approximate surface area is 213 Å². The lowest BCUT2D eigenvalue weighted by molar-refractivity contribution is 0.0474. The monoisotopic (exact) mass is 483 g/mol. The van der Waals surface area contributed by atoms with E-state index in [4.69, 9.17) is 9.47 Å². The van der Waals surface area contributed by atoms with Gasteiger partial charge in [-0.25, -0.2) is 0 Å². The first-order valence-corrected chi connectivity index (χ1v) is 12.5. The molecule has 6 nitrogen and oxygen atoms in total. The molecule has 5 rings (SSSR count). The number of anilines is 2. The summed E-state index contributed by atoms with van der Waals surface area (Å²) in [5.41, 5.74) is 5.31. The predicted octanol–water partition coefficient (Wildman–Crippen LogP) is 5.22. The Hall–Kier alpha value is -3.77. The van der Waals surface area contributed by atoms with Crippen molar-refractivity contribution in [2.75, 3.05) is 45.3 Å². The van der Waals surface area contributed by atoms with Crippen molar-refractivity contribution in [3.05, 3.63) is 89.5 Å². The maximum absolute atomic E-state index is 13.4. The number of ether oxygens (including phenoxy) is 2. The zero-order chi connectivity index (χ0) is 25.1. The highest BCUT2D eigenvalue weighted by Crippen LogP contribution is 2.33. The zero-order valence-corrected chi connectivity index (χ0v) is 21.2. The number of piperazine rings is 1. The van der Waals surface area contributed by atoms with E-state index in [0.717, 1.165) is 54.5 Å². The summed E-state index contributed by atoms with van der Waals surface area (Å²) in [7, 11) is 3.33. The highest BCUT2D eigenvalue weighted by Gasteiger charge is 2.29. The van der Waals surface area contributed by atoms with E-state index in [-0.39, 0.29) is 11.9 Å². The molecule has 0 aromatic heterocycles. The van der Waals surface area contributed by atoms with Crippen molar-refractivity contribution in [1.82, 2.24) is 9.80 Å². The van der Waals surface area contributed by atoms with E-state index < -0.39 is 0 Å². The van der Waals surface area contributed by atoms with Gasteiger partial charge in [-0.1, -0.05) is 42.5 Å². The summed E-state index contributed by atoms with van der Waals surface area (Å²) in [5, 5.41) is 0. The molecular formula is C30H33N3O3. The average molecular weight is 484 g/mol. The van der Waals surface area contributed by atoms with Crippen LogP contribution in [-0.2, 0) is 6.54 Å². The second kappa shape index (κ2) is 10.5. The molecular weight excluding hydrogens is 450 g/mol. The van der Waals surface area contributed by atoms with Crippen molar-refractivity contribution in [3.8, 4) is 11.5 Å². The van der Waals surface area contributed by atoms with E-state index in [1.54, 1.807) is 14.2 Å². The van der Waals surface area contributed by atoms with Gasteiger partial charge in [-0.05, 0) is 48.9 Å². The Kier molecular flexibility index (Phi) is 6.96. The van der Waals surface area contributed by atoms with E-state index >= 15 is 0 Å². The largest absolute Gasteiger partial charge is 0.493 e. The molecule has 1 atom stereocenters. The Morgan fingerprint density at radius 3 is 2.50 bits per heavy atom. The van der Waals surface area contributed by atoms with Crippen LogP contribution < -0.4 is 14.4 Å². The maximum Gasteiger partial charge on any atom is 0.254 e. The topological polar surface area (TPSA) is 45.2 Å². The first-order valence-electron chi connectivity index (χ1n) is 12.5. The summed E-state index contributed by atoms with van der Waals surface area (Å²) in [5.74, 6) is 1.61. The summed E-state index contributed by atoms with van der Waals surface area (Å²) in [6.07, 6.45) is 4.33. The third-order valence-corrected chi connectivity index (χ3v) is 7.09. The molecule has 0 unspecified atom stereocenters. The number of hydrogen-bond acceptors (Lipinski definition) is 5. The van der Waals surface area contributed by atoms with Gasteiger partial charge in [0, 0.05) is 61.3 Å². The van der Waals surface area contributed by atoms with Gasteiger partial charge in [0.15, 0.2) is 11.5 Å². The summed E-state index contributed by atoms with van der Waals surface area (Å²) in [6, 6.07) is 22.5. The van der Waals surface area contributed by atoms with Crippen molar-refractivity contribution in [1.29, 1.82) is 0 Å². The van der Waals surface area contributed by atoms with Crippen molar-refractivity contribution >= 4 is 23.4 Å².